The van der Waals surface area contributed by atoms with E-state index in [4.69, 9.17) is 0 Å². The molecule has 0 aliphatic carbocycles. The molecule has 0 spiro atoms. The number of pyridine rings is 1. The van der Waals surface area contributed by atoms with E-state index in [1.165, 1.54) is 0 Å². The number of piperidine rings is 1. The van der Waals surface area contributed by atoms with Crippen molar-refractivity contribution in [3.05, 3.63) is 48.8 Å². The number of carbonyl (C=O) groups is 1. The van der Waals surface area contributed by atoms with Crippen LogP contribution in [-0.2, 0) is 11.2 Å². The number of aromatic nitrogens is 3. The van der Waals surface area contributed by atoms with Gasteiger partial charge in [0.05, 0.1) is 12.4 Å². The zero-order valence-electron chi connectivity index (χ0n) is 12.8. The van der Waals surface area contributed by atoms with Gasteiger partial charge < -0.3 is 9.47 Å². The van der Waals surface area contributed by atoms with E-state index in [1.807, 2.05) is 35.6 Å². The first kappa shape index (κ1) is 14.8. The van der Waals surface area contributed by atoms with Gasteiger partial charge in [-0.15, -0.1) is 0 Å². The minimum absolute atomic E-state index is 0.265. The summed E-state index contributed by atoms with van der Waals surface area (Å²) in [6.07, 6.45) is 12.0. The van der Waals surface area contributed by atoms with Gasteiger partial charge in [-0.1, -0.05) is 6.07 Å². The Kier molecular flexibility index (Phi) is 4.83. The van der Waals surface area contributed by atoms with Gasteiger partial charge in [0, 0.05) is 43.8 Å². The number of carbonyl (C=O) groups excluding carboxylic acids is 1. The van der Waals surface area contributed by atoms with Gasteiger partial charge in [0.1, 0.15) is 0 Å². The number of nitrogens with zero attached hydrogens (tertiary/aromatic N) is 4. The molecule has 1 amide bonds. The van der Waals surface area contributed by atoms with E-state index >= 15 is 0 Å². The van der Waals surface area contributed by atoms with Crippen molar-refractivity contribution in [1.29, 1.82) is 0 Å². The first-order valence-electron chi connectivity index (χ1n) is 7.98. The lowest BCUT2D eigenvalue weighted by Gasteiger charge is -2.33. The molecule has 0 aromatic carbocycles. The van der Waals surface area contributed by atoms with E-state index in [1.54, 1.807) is 12.4 Å². The summed E-state index contributed by atoms with van der Waals surface area (Å²) in [6.45, 7) is 1.69. The van der Waals surface area contributed by atoms with Crippen LogP contribution in [-0.4, -0.2) is 38.4 Å². The summed E-state index contributed by atoms with van der Waals surface area (Å²) >= 11 is 0. The first-order valence-corrected chi connectivity index (χ1v) is 7.98. The maximum atomic E-state index is 12.4. The van der Waals surface area contributed by atoms with E-state index < -0.39 is 0 Å². The molecule has 3 heterocycles. The van der Waals surface area contributed by atoms with Crippen LogP contribution in [0, 0.1) is 0 Å². The number of hydrogen-bond acceptors (Lipinski definition) is 3. The van der Waals surface area contributed by atoms with Crippen LogP contribution in [0.1, 0.15) is 37.4 Å². The summed E-state index contributed by atoms with van der Waals surface area (Å²) < 4.78 is 2.12. The molecule has 1 saturated heterocycles. The molecular formula is C17H22N4O. The van der Waals surface area contributed by atoms with Crippen molar-refractivity contribution < 1.29 is 4.79 Å². The SMILES string of the molecule is O=C(CCCc1ccccn1)N1CCC[C@H](n2ccnc2)C1. The van der Waals surface area contributed by atoms with Crippen LogP contribution in [0.2, 0.25) is 0 Å². The third-order valence-electron chi connectivity index (χ3n) is 4.25. The number of aryl methyl sites for hydroxylation is 1. The fourth-order valence-electron chi connectivity index (χ4n) is 3.03. The van der Waals surface area contributed by atoms with Gasteiger partial charge >= 0.3 is 0 Å². The standard InChI is InChI=1S/C17H22N4O/c22-17(8-3-6-15-5-1-2-9-19-15)20-11-4-7-16(13-20)21-12-10-18-14-21/h1-2,5,9-10,12,14,16H,3-4,6-8,11,13H2/t16-/m0/s1. The molecule has 5 nitrogen and oxygen atoms in total. The van der Waals surface area contributed by atoms with Gasteiger partial charge in [-0.2, -0.15) is 0 Å². The zero-order chi connectivity index (χ0) is 15.2. The highest BCUT2D eigenvalue weighted by atomic mass is 16.2. The predicted octanol–water partition coefficient (Wildman–Crippen LogP) is 2.46. The summed E-state index contributed by atoms with van der Waals surface area (Å²) in [5, 5.41) is 0. The quantitative estimate of drug-likeness (QED) is 0.852. The van der Waals surface area contributed by atoms with Crippen LogP contribution in [0.15, 0.2) is 43.1 Å². The van der Waals surface area contributed by atoms with E-state index in [0.29, 0.717) is 12.5 Å². The lowest BCUT2D eigenvalue weighted by Crippen LogP contribution is -2.40. The molecule has 0 radical (unpaired) electrons. The summed E-state index contributed by atoms with van der Waals surface area (Å²) in [5.74, 6) is 0.265. The topological polar surface area (TPSA) is 51.0 Å². The molecule has 0 saturated carbocycles. The molecule has 1 atom stereocenters. The average molecular weight is 298 g/mol. The number of rotatable bonds is 5. The average Bonchev–Trinajstić information content (AvgIpc) is 3.10. The highest BCUT2D eigenvalue weighted by molar-refractivity contribution is 5.76. The lowest BCUT2D eigenvalue weighted by molar-refractivity contribution is -0.132. The number of amides is 1. The van der Waals surface area contributed by atoms with Gasteiger partial charge in [0.25, 0.3) is 0 Å². The molecule has 2 aromatic heterocycles. The molecule has 5 heteroatoms. The van der Waals surface area contributed by atoms with Crippen LogP contribution in [0.4, 0.5) is 0 Å². The fourth-order valence-corrected chi connectivity index (χ4v) is 3.03. The van der Waals surface area contributed by atoms with E-state index in [9.17, 15) is 4.79 Å². The van der Waals surface area contributed by atoms with Crippen molar-refractivity contribution in [1.82, 2.24) is 19.4 Å². The highest BCUT2D eigenvalue weighted by Crippen LogP contribution is 2.21. The van der Waals surface area contributed by atoms with E-state index in [-0.39, 0.29) is 5.91 Å². The molecule has 116 valence electrons. The maximum absolute atomic E-state index is 12.4. The number of hydrogen-bond donors (Lipinski definition) is 0. The molecule has 1 aliphatic rings. The van der Waals surface area contributed by atoms with Gasteiger partial charge in [0.15, 0.2) is 0 Å². The Hall–Kier alpha value is -2.17. The zero-order valence-corrected chi connectivity index (χ0v) is 12.8. The van der Waals surface area contributed by atoms with E-state index in [2.05, 4.69) is 14.5 Å². The second kappa shape index (κ2) is 7.20. The third kappa shape index (κ3) is 3.72. The Morgan fingerprint density at radius 1 is 1.32 bits per heavy atom. The molecule has 22 heavy (non-hydrogen) atoms. The summed E-state index contributed by atoms with van der Waals surface area (Å²) in [4.78, 5) is 22.8. The van der Waals surface area contributed by atoms with Crippen molar-refractivity contribution in [2.75, 3.05) is 13.1 Å². The minimum atomic E-state index is 0.265. The molecule has 1 aliphatic heterocycles. The second-order valence-corrected chi connectivity index (χ2v) is 5.82. The van der Waals surface area contributed by atoms with E-state index in [0.717, 1.165) is 44.5 Å². The predicted molar refractivity (Wildman–Crippen MR) is 84.3 cm³/mol. The van der Waals surface area contributed by atoms with Gasteiger partial charge in [-0.25, -0.2) is 4.98 Å². The van der Waals surface area contributed by atoms with Crippen LogP contribution < -0.4 is 0 Å². The van der Waals surface area contributed by atoms with Gasteiger partial charge in [-0.05, 0) is 37.8 Å². The summed E-state index contributed by atoms with van der Waals surface area (Å²) in [5.41, 5.74) is 1.06. The smallest absolute Gasteiger partial charge is 0.222 e. The molecule has 0 unspecified atom stereocenters. The monoisotopic (exact) mass is 298 g/mol. The Labute approximate surface area is 131 Å². The summed E-state index contributed by atoms with van der Waals surface area (Å²) in [7, 11) is 0. The Bertz CT molecular complexity index is 582. The Balaban J connectivity index is 1.47. The van der Waals surface area contributed by atoms with Crippen LogP contribution in [0.3, 0.4) is 0 Å². The van der Waals surface area contributed by atoms with Gasteiger partial charge in [-0.3, -0.25) is 9.78 Å². The lowest BCUT2D eigenvalue weighted by atomic mass is 10.0. The Morgan fingerprint density at radius 2 is 2.27 bits per heavy atom. The molecule has 2 aromatic rings. The molecule has 1 fully saturated rings. The second-order valence-electron chi connectivity index (χ2n) is 5.82. The van der Waals surface area contributed by atoms with Crippen LogP contribution >= 0.6 is 0 Å². The first-order chi connectivity index (χ1) is 10.8. The van der Waals surface area contributed by atoms with Crippen molar-refractivity contribution >= 4 is 5.91 Å². The van der Waals surface area contributed by atoms with Crippen molar-refractivity contribution in [3.63, 3.8) is 0 Å². The molecule has 0 N–H and O–H groups in total. The van der Waals surface area contributed by atoms with Crippen molar-refractivity contribution in [3.8, 4) is 0 Å². The number of imidazole rings is 1. The minimum Gasteiger partial charge on any atom is -0.341 e. The normalized spacial score (nSPS) is 18.4. The summed E-state index contributed by atoms with van der Waals surface area (Å²) in [6, 6.07) is 6.29. The molecule has 0 bridgehead atoms. The Morgan fingerprint density at radius 3 is 3.05 bits per heavy atom. The largest absolute Gasteiger partial charge is 0.341 e. The van der Waals surface area contributed by atoms with Crippen molar-refractivity contribution in [2.45, 2.75) is 38.1 Å². The fraction of sp³-hybridized carbons (Fsp3) is 0.471. The molecule has 3 rings (SSSR count). The van der Waals surface area contributed by atoms with Crippen LogP contribution in [0.25, 0.3) is 0 Å². The van der Waals surface area contributed by atoms with Crippen LogP contribution in [0.5, 0.6) is 0 Å². The maximum Gasteiger partial charge on any atom is 0.222 e. The highest BCUT2D eigenvalue weighted by Gasteiger charge is 2.23. The molecular weight excluding hydrogens is 276 g/mol. The van der Waals surface area contributed by atoms with Crippen molar-refractivity contribution in [2.24, 2.45) is 0 Å². The third-order valence-corrected chi connectivity index (χ3v) is 4.25. The van der Waals surface area contributed by atoms with Gasteiger partial charge in [0.2, 0.25) is 5.91 Å². The number of likely N-dealkylation sites (tertiary alicyclic amines) is 1.